The Morgan fingerprint density at radius 1 is 1.15 bits per heavy atom. The van der Waals surface area contributed by atoms with Gasteiger partial charge in [0.1, 0.15) is 0 Å². The van der Waals surface area contributed by atoms with Crippen molar-refractivity contribution >= 4 is 46.2 Å². The lowest BCUT2D eigenvalue weighted by atomic mass is 10.2. The van der Waals surface area contributed by atoms with Gasteiger partial charge in [-0.3, -0.25) is 4.79 Å². The fraction of sp³-hybridized carbons (Fsp3) is 0.250. The van der Waals surface area contributed by atoms with Crippen molar-refractivity contribution in [3.8, 4) is 0 Å². The molecule has 0 aliphatic heterocycles. The van der Waals surface area contributed by atoms with Crippen LogP contribution in [0.25, 0.3) is 0 Å². The quantitative estimate of drug-likeness (QED) is 0.279. The molecule has 0 aliphatic rings. The molecule has 0 atom stereocenters. The minimum absolute atomic E-state index is 0.168. The Kier molecular flexibility index (Phi) is 6.82. The Hall–Kier alpha value is -1.96. The molecule has 140 valence electrons. The summed E-state index contributed by atoms with van der Waals surface area (Å²) in [5.74, 6) is 0.143. The molecule has 0 saturated heterocycles. The van der Waals surface area contributed by atoms with Gasteiger partial charge in [-0.2, -0.15) is 0 Å². The highest BCUT2D eigenvalue weighted by Gasteiger charge is 2.13. The summed E-state index contributed by atoms with van der Waals surface area (Å²) in [5, 5.41) is 3.12. The monoisotopic (exact) mass is 417 g/mol. The number of hydrogen-bond donors (Lipinski definition) is 0. The fourth-order valence-electron chi connectivity index (χ4n) is 2.32. The number of thiazole rings is 1. The van der Waals surface area contributed by atoms with E-state index in [4.69, 9.17) is 4.74 Å². The molecule has 0 spiro atoms. The second kappa shape index (κ2) is 9.30. The van der Waals surface area contributed by atoms with Gasteiger partial charge in [-0.05, 0) is 49.7 Å². The number of esters is 1. The second-order valence-electron chi connectivity index (χ2n) is 5.79. The van der Waals surface area contributed by atoms with E-state index in [-0.39, 0.29) is 12.4 Å². The van der Waals surface area contributed by atoms with E-state index in [1.54, 1.807) is 41.3 Å². The van der Waals surface area contributed by atoms with E-state index in [9.17, 15) is 9.59 Å². The number of thioether (sulfide) groups is 1. The summed E-state index contributed by atoms with van der Waals surface area (Å²) in [6, 6.07) is 10.9. The van der Waals surface area contributed by atoms with Crippen LogP contribution in [-0.4, -0.2) is 23.3 Å². The molecular weight excluding hydrogens is 398 g/mol. The van der Waals surface area contributed by atoms with Crippen LogP contribution < -0.4 is 0 Å². The van der Waals surface area contributed by atoms with Gasteiger partial charge in [-0.1, -0.05) is 6.92 Å². The van der Waals surface area contributed by atoms with Gasteiger partial charge in [-0.25, -0.2) is 9.78 Å². The van der Waals surface area contributed by atoms with Crippen molar-refractivity contribution in [2.24, 2.45) is 0 Å². The number of hydrogen-bond acceptors (Lipinski definition) is 7. The van der Waals surface area contributed by atoms with Crippen molar-refractivity contribution in [2.45, 2.75) is 30.9 Å². The molecule has 0 aliphatic carbocycles. The molecule has 0 amide bonds. The van der Waals surface area contributed by atoms with Crippen molar-refractivity contribution in [1.82, 2.24) is 4.98 Å². The van der Waals surface area contributed by atoms with E-state index in [1.807, 2.05) is 32.0 Å². The van der Waals surface area contributed by atoms with Crippen LogP contribution in [0.4, 0.5) is 0 Å². The summed E-state index contributed by atoms with van der Waals surface area (Å²) >= 11 is 4.76. The Balaban J connectivity index is 1.50. The minimum Gasteiger partial charge on any atom is -0.454 e. The van der Waals surface area contributed by atoms with Gasteiger partial charge in [0, 0.05) is 20.9 Å². The van der Waals surface area contributed by atoms with Gasteiger partial charge < -0.3 is 4.74 Å². The molecule has 27 heavy (non-hydrogen) atoms. The smallest absolute Gasteiger partial charge is 0.338 e. The van der Waals surface area contributed by atoms with Crippen molar-refractivity contribution < 1.29 is 14.3 Å². The van der Waals surface area contributed by atoms with Gasteiger partial charge in [-0.15, -0.1) is 34.4 Å². The van der Waals surface area contributed by atoms with E-state index in [1.165, 1.54) is 11.3 Å². The molecule has 0 bridgehead atoms. The zero-order valence-corrected chi connectivity index (χ0v) is 17.5. The van der Waals surface area contributed by atoms with Crippen LogP contribution in [0.1, 0.15) is 42.5 Å². The van der Waals surface area contributed by atoms with Crippen molar-refractivity contribution in [1.29, 1.82) is 0 Å². The maximum Gasteiger partial charge on any atom is 0.338 e. The third kappa shape index (κ3) is 5.51. The van der Waals surface area contributed by atoms with Crippen LogP contribution >= 0.6 is 34.4 Å². The Bertz CT molecular complexity index is 928. The molecule has 0 N–H and O–H groups in total. The predicted octanol–water partition coefficient (Wildman–Crippen LogP) is 5.41. The van der Waals surface area contributed by atoms with Gasteiger partial charge in [0.15, 0.2) is 6.61 Å². The normalized spacial score (nSPS) is 10.7. The molecule has 0 unspecified atom stereocenters. The lowest BCUT2D eigenvalue weighted by Gasteiger charge is -2.05. The van der Waals surface area contributed by atoms with Crippen molar-refractivity contribution in [3.63, 3.8) is 0 Å². The summed E-state index contributed by atoms with van der Waals surface area (Å²) in [4.78, 5) is 31.5. The number of rotatable bonds is 8. The number of carbonyl (C=O) groups is 2. The number of aryl methyl sites for hydroxylation is 2. The summed E-state index contributed by atoms with van der Waals surface area (Å²) in [7, 11) is 0. The highest BCUT2D eigenvalue weighted by Crippen LogP contribution is 2.24. The first-order valence-electron chi connectivity index (χ1n) is 8.48. The van der Waals surface area contributed by atoms with E-state index >= 15 is 0 Å². The summed E-state index contributed by atoms with van der Waals surface area (Å²) in [6.07, 6.45) is 0.893. The molecule has 3 rings (SSSR count). The van der Waals surface area contributed by atoms with Gasteiger partial charge in [0.05, 0.1) is 21.1 Å². The summed E-state index contributed by atoms with van der Waals surface area (Å²) < 4.78 is 5.16. The molecule has 0 saturated carbocycles. The van der Waals surface area contributed by atoms with Crippen LogP contribution in [0.15, 0.2) is 46.7 Å². The van der Waals surface area contributed by atoms with Gasteiger partial charge in [0.2, 0.25) is 5.78 Å². The fourth-order valence-corrected chi connectivity index (χ4v) is 4.70. The largest absolute Gasteiger partial charge is 0.454 e. The molecule has 0 fully saturated rings. The number of ketones is 1. The lowest BCUT2D eigenvalue weighted by molar-refractivity contribution is 0.0476. The minimum atomic E-state index is -0.484. The number of benzene rings is 1. The van der Waals surface area contributed by atoms with E-state index in [2.05, 4.69) is 10.4 Å². The third-order valence-electron chi connectivity index (χ3n) is 3.76. The molecule has 4 nitrogen and oxygen atoms in total. The maximum atomic E-state index is 12.1. The summed E-state index contributed by atoms with van der Waals surface area (Å²) in [5.41, 5.74) is 1.50. The molecule has 2 heterocycles. The molecule has 0 radical (unpaired) electrons. The number of thiophene rings is 1. The topological polar surface area (TPSA) is 56.3 Å². The standard InChI is InChI=1S/C20H19NO3S3/c1-3-16-8-9-19(27-16)18(22)10-24-20(23)14-4-6-17(7-5-14)26-12-15-11-25-13(2)21-15/h4-9,11H,3,10,12H2,1-2H3. The maximum absolute atomic E-state index is 12.1. The van der Waals surface area contributed by atoms with Crippen LogP contribution in [0.5, 0.6) is 0 Å². The Morgan fingerprint density at radius 3 is 2.56 bits per heavy atom. The average molecular weight is 418 g/mol. The van der Waals surface area contributed by atoms with E-state index in [0.717, 1.165) is 32.6 Å². The number of ether oxygens (including phenoxy) is 1. The lowest BCUT2D eigenvalue weighted by Crippen LogP contribution is -2.13. The van der Waals surface area contributed by atoms with Gasteiger partial charge in [0.25, 0.3) is 0 Å². The van der Waals surface area contributed by atoms with Crippen LogP contribution in [0.2, 0.25) is 0 Å². The third-order valence-corrected chi connectivity index (χ3v) is 6.90. The highest BCUT2D eigenvalue weighted by atomic mass is 32.2. The second-order valence-corrected chi connectivity index (χ2v) is 9.07. The van der Waals surface area contributed by atoms with Gasteiger partial charge >= 0.3 is 5.97 Å². The average Bonchev–Trinajstić information content (AvgIpc) is 3.33. The first kappa shape index (κ1) is 19.8. The molecule has 2 aromatic heterocycles. The number of carbonyl (C=O) groups excluding carboxylic acids is 2. The highest BCUT2D eigenvalue weighted by molar-refractivity contribution is 7.98. The van der Waals surface area contributed by atoms with Crippen molar-refractivity contribution in [3.05, 3.63) is 67.8 Å². The van der Waals surface area contributed by atoms with Crippen molar-refractivity contribution in [2.75, 3.05) is 6.61 Å². The van der Waals surface area contributed by atoms with Crippen LogP contribution in [0, 0.1) is 6.92 Å². The Morgan fingerprint density at radius 2 is 1.93 bits per heavy atom. The first-order valence-corrected chi connectivity index (χ1v) is 11.2. The molecule has 1 aromatic carbocycles. The SMILES string of the molecule is CCc1ccc(C(=O)COC(=O)c2ccc(SCc3csc(C)n3)cc2)s1. The van der Waals surface area contributed by atoms with Crippen LogP contribution in [-0.2, 0) is 16.9 Å². The first-order chi connectivity index (χ1) is 13.0. The summed E-state index contributed by atoms with van der Waals surface area (Å²) in [6.45, 7) is 3.80. The predicted molar refractivity (Wildman–Crippen MR) is 111 cm³/mol. The van der Waals surface area contributed by atoms with E-state index in [0.29, 0.717) is 10.4 Å². The van der Waals surface area contributed by atoms with E-state index < -0.39 is 5.97 Å². The Labute approximate surface area is 170 Å². The number of aromatic nitrogens is 1. The number of nitrogens with zero attached hydrogens (tertiary/aromatic N) is 1. The zero-order chi connectivity index (χ0) is 19.2. The molecule has 3 aromatic rings. The molecule has 7 heteroatoms. The van der Waals surface area contributed by atoms with Crippen LogP contribution in [0.3, 0.4) is 0 Å². The number of Topliss-reactive ketones (excluding diaryl/α,β-unsaturated/α-hetero) is 1. The molecular formula is C20H19NO3S3. The zero-order valence-electron chi connectivity index (χ0n) is 15.1.